The maximum atomic E-state index is 13.3. The minimum absolute atomic E-state index is 0.156. The van der Waals surface area contributed by atoms with Crippen molar-refractivity contribution < 1.29 is 9.59 Å². The number of rotatable bonds is 7. The van der Waals surface area contributed by atoms with Crippen molar-refractivity contribution in [2.75, 3.05) is 5.32 Å². The van der Waals surface area contributed by atoms with Crippen molar-refractivity contribution in [1.82, 2.24) is 10.3 Å². The summed E-state index contributed by atoms with van der Waals surface area (Å²) in [5, 5.41) is 6.59. The highest BCUT2D eigenvalue weighted by Gasteiger charge is 2.20. The summed E-state index contributed by atoms with van der Waals surface area (Å²) in [6.07, 6.45) is 5.48. The number of hydrogen-bond acceptors (Lipinski definition) is 4. The van der Waals surface area contributed by atoms with Gasteiger partial charge in [0.05, 0.1) is 0 Å². The minimum atomic E-state index is -0.224. The highest BCUT2D eigenvalue weighted by molar-refractivity contribution is 5.99. The van der Waals surface area contributed by atoms with Crippen LogP contribution in [-0.4, -0.2) is 23.2 Å². The van der Waals surface area contributed by atoms with E-state index in [0.717, 1.165) is 52.8 Å². The molecule has 1 aliphatic rings. The van der Waals surface area contributed by atoms with Gasteiger partial charge in [-0.2, -0.15) is 0 Å². The van der Waals surface area contributed by atoms with E-state index in [9.17, 15) is 14.4 Å². The molecule has 1 saturated carbocycles. The lowest BCUT2D eigenvalue weighted by molar-refractivity contribution is 0.0950. The molecule has 0 atom stereocenters. The van der Waals surface area contributed by atoms with Gasteiger partial charge < -0.3 is 15.6 Å². The van der Waals surface area contributed by atoms with Gasteiger partial charge in [0.15, 0.2) is 0 Å². The van der Waals surface area contributed by atoms with Crippen LogP contribution in [0.3, 0.4) is 0 Å². The largest absolute Gasteiger partial charge is 0.382 e. The number of nitrogens with one attached hydrogen (secondary N) is 3. The van der Waals surface area contributed by atoms with E-state index in [1.54, 1.807) is 12.1 Å². The molecule has 34 heavy (non-hydrogen) atoms. The van der Waals surface area contributed by atoms with Crippen LogP contribution in [-0.2, 0) is 6.54 Å². The Kier molecular flexibility index (Phi) is 6.96. The topological polar surface area (TPSA) is 91.1 Å². The Morgan fingerprint density at radius 3 is 2.38 bits per heavy atom. The molecular weight excluding hydrogens is 426 g/mol. The minimum Gasteiger partial charge on any atom is -0.382 e. The van der Waals surface area contributed by atoms with Crippen LogP contribution < -0.4 is 16.2 Å². The molecule has 0 aliphatic heterocycles. The zero-order valence-electron chi connectivity index (χ0n) is 20.0. The molecule has 0 spiro atoms. The SMILES string of the molecule is Cc1cc(C)c(CNC(=O)c2cc(-c3ccc(C=O)cc3)cc(NC3CCCC3)c2C)c(=O)[nH]1. The normalized spacial score (nSPS) is 13.6. The summed E-state index contributed by atoms with van der Waals surface area (Å²) in [6, 6.07) is 13.6. The summed E-state index contributed by atoms with van der Waals surface area (Å²) in [5.74, 6) is -0.224. The molecule has 1 aromatic heterocycles. The Labute approximate surface area is 199 Å². The number of anilines is 1. The van der Waals surface area contributed by atoms with Gasteiger partial charge in [-0.05, 0) is 74.1 Å². The van der Waals surface area contributed by atoms with Crippen LogP contribution in [0.15, 0.2) is 47.3 Å². The van der Waals surface area contributed by atoms with E-state index in [1.165, 1.54) is 12.8 Å². The molecule has 3 aromatic rings. The zero-order valence-corrected chi connectivity index (χ0v) is 20.0. The number of benzene rings is 2. The third kappa shape index (κ3) is 5.11. The van der Waals surface area contributed by atoms with Crippen LogP contribution in [0.1, 0.15) is 68.8 Å². The number of carbonyl (C=O) groups is 2. The van der Waals surface area contributed by atoms with Gasteiger partial charge in [-0.1, -0.05) is 37.1 Å². The standard InChI is InChI=1S/C28H31N3O3/c1-17-12-18(2)30-28(34)25(17)15-29-27(33)24-13-22(21-10-8-20(16-32)9-11-21)14-26(19(24)3)31-23-6-4-5-7-23/h8-14,16,23,31H,4-7,15H2,1-3H3,(H,29,33)(H,30,34). The molecule has 6 nitrogen and oxygen atoms in total. The van der Waals surface area contributed by atoms with E-state index in [1.807, 2.05) is 45.0 Å². The number of pyridine rings is 1. The molecule has 1 amide bonds. The Hall–Kier alpha value is -3.67. The van der Waals surface area contributed by atoms with Gasteiger partial charge in [0.25, 0.3) is 11.5 Å². The number of carbonyl (C=O) groups excluding carboxylic acids is 2. The smallest absolute Gasteiger partial charge is 0.253 e. The number of aryl methyl sites for hydroxylation is 2. The first-order chi connectivity index (χ1) is 16.4. The molecule has 0 unspecified atom stereocenters. The third-order valence-corrected chi connectivity index (χ3v) is 6.67. The van der Waals surface area contributed by atoms with Crippen LogP contribution in [0.5, 0.6) is 0 Å². The van der Waals surface area contributed by atoms with Gasteiger partial charge in [0, 0.05) is 40.7 Å². The summed E-state index contributed by atoms with van der Waals surface area (Å²) >= 11 is 0. The van der Waals surface area contributed by atoms with Gasteiger partial charge in [0.1, 0.15) is 6.29 Å². The lowest BCUT2D eigenvalue weighted by atomic mass is 9.96. The molecule has 6 heteroatoms. The molecule has 1 aliphatic carbocycles. The Balaban J connectivity index is 1.67. The van der Waals surface area contributed by atoms with Crippen LogP contribution in [0, 0.1) is 20.8 Å². The van der Waals surface area contributed by atoms with Gasteiger partial charge in [-0.15, -0.1) is 0 Å². The second-order valence-electron chi connectivity index (χ2n) is 9.19. The van der Waals surface area contributed by atoms with Crippen molar-refractivity contribution in [3.05, 3.63) is 86.3 Å². The Morgan fingerprint density at radius 2 is 1.74 bits per heavy atom. The molecule has 1 heterocycles. The van der Waals surface area contributed by atoms with E-state index in [4.69, 9.17) is 0 Å². The van der Waals surface area contributed by atoms with E-state index in [0.29, 0.717) is 22.7 Å². The van der Waals surface area contributed by atoms with Gasteiger partial charge in [-0.25, -0.2) is 0 Å². The van der Waals surface area contributed by atoms with E-state index in [2.05, 4.69) is 21.7 Å². The highest BCUT2D eigenvalue weighted by atomic mass is 16.2. The third-order valence-electron chi connectivity index (χ3n) is 6.67. The number of aromatic amines is 1. The number of aldehydes is 1. The van der Waals surface area contributed by atoms with Crippen molar-refractivity contribution in [2.24, 2.45) is 0 Å². The van der Waals surface area contributed by atoms with Gasteiger partial charge in [0.2, 0.25) is 0 Å². The van der Waals surface area contributed by atoms with E-state index in [-0.39, 0.29) is 18.0 Å². The fourth-order valence-electron chi connectivity index (χ4n) is 4.68. The van der Waals surface area contributed by atoms with Crippen LogP contribution in [0.2, 0.25) is 0 Å². The zero-order chi connectivity index (χ0) is 24.2. The quantitative estimate of drug-likeness (QED) is 0.432. The van der Waals surface area contributed by atoms with Gasteiger partial charge >= 0.3 is 0 Å². The summed E-state index contributed by atoms with van der Waals surface area (Å²) < 4.78 is 0. The van der Waals surface area contributed by atoms with Crippen molar-refractivity contribution in [2.45, 2.75) is 59.0 Å². The lowest BCUT2D eigenvalue weighted by Gasteiger charge is -2.20. The first-order valence-corrected chi connectivity index (χ1v) is 11.8. The second kappa shape index (κ2) is 10.1. The summed E-state index contributed by atoms with van der Waals surface area (Å²) in [7, 11) is 0. The molecule has 1 fully saturated rings. The summed E-state index contributed by atoms with van der Waals surface area (Å²) in [6.45, 7) is 5.83. The van der Waals surface area contributed by atoms with Crippen molar-refractivity contribution in [1.29, 1.82) is 0 Å². The summed E-state index contributed by atoms with van der Waals surface area (Å²) in [5.41, 5.74) is 6.86. The van der Waals surface area contributed by atoms with Crippen LogP contribution >= 0.6 is 0 Å². The average molecular weight is 458 g/mol. The van der Waals surface area contributed by atoms with E-state index >= 15 is 0 Å². The highest BCUT2D eigenvalue weighted by Crippen LogP contribution is 2.31. The molecule has 2 aromatic carbocycles. The van der Waals surface area contributed by atoms with E-state index < -0.39 is 0 Å². The Bertz CT molecular complexity index is 1270. The molecule has 0 bridgehead atoms. The van der Waals surface area contributed by atoms with Crippen molar-refractivity contribution in [3.63, 3.8) is 0 Å². The van der Waals surface area contributed by atoms with Crippen LogP contribution in [0.25, 0.3) is 11.1 Å². The predicted molar refractivity (Wildman–Crippen MR) is 136 cm³/mol. The molecular formula is C28H31N3O3. The number of H-pyrrole nitrogens is 1. The fourth-order valence-corrected chi connectivity index (χ4v) is 4.68. The maximum Gasteiger partial charge on any atom is 0.253 e. The average Bonchev–Trinajstić information content (AvgIpc) is 3.33. The van der Waals surface area contributed by atoms with Crippen molar-refractivity contribution in [3.8, 4) is 11.1 Å². The predicted octanol–water partition coefficient (Wildman–Crippen LogP) is 5.06. The molecule has 176 valence electrons. The van der Waals surface area contributed by atoms with Gasteiger partial charge in [-0.3, -0.25) is 14.4 Å². The first-order valence-electron chi connectivity index (χ1n) is 11.8. The first kappa shape index (κ1) is 23.5. The number of hydrogen-bond donors (Lipinski definition) is 3. The monoisotopic (exact) mass is 457 g/mol. The second-order valence-corrected chi connectivity index (χ2v) is 9.19. The number of amides is 1. The maximum absolute atomic E-state index is 13.3. The number of aromatic nitrogens is 1. The molecule has 4 rings (SSSR count). The summed E-state index contributed by atoms with van der Waals surface area (Å²) in [4.78, 5) is 39.5. The fraction of sp³-hybridized carbons (Fsp3) is 0.321. The molecule has 3 N–H and O–H groups in total. The van der Waals surface area contributed by atoms with Crippen LogP contribution in [0.4, 0.5) is 5.69 Å². The molecule has 0 radical (unpaired) electrons. The Morgan fingerprint density at radius 1 is 1.03 bits per heavy atom. The molecule has 0 saturated heterocycles. The van der Waals surface area contributed by atoms with Crippen molar-refractivity contribution >= 4 is 17.9 Å². The lowest BCUT2D eigenvalue weighted by Crippen LogP contribution is -2.28.